The molecule has 0 aromatic carbocycles. The van der Waals surface area contributed by atoms with Gasteiger partial charge in [-0.2, -0.15) is 5.10 Å². The zero-order chi connectivity index (χ0) is 14.2. The first-order valence-electron chi connectivity index (χ1n) is 7.04. The maximum atomic E-state index is 12.3. The molecule has 2 fully saturated rings. The molecular weight excluding hydrogens is 278 g/mol. The van der Waals surface area contributed by atoms with Crippen LogP contribution < -0.4 is 0 Å². The minimum absolute atomic E-state index is 0.0223. The summed E-state index contributed by atoms with van der Waals surface area (Å²) in [5.41, 5.74) is 1.13. The molecule has 0 spiro atoms. The van der Waals surface area contributed by atoms with Crippen molar-refractivity contribution in [2.24, 2.45) is 5.92 Å². The van der Waals surface area contributed by atoms with Gasteiger partial charge >= 0.3 is 0 Å². The molecule has 3 rings (SSSR count). The van der Waals surface area contributed by atoms with E-state index in [1.807, 2.05) is 11.0 Å². The predicted molar refractivity (Wildman–Crippen MR) is 73.9 cm³/mol. The van der Waals surface area contributed by atoms with Gasteiger partial charge in [0.05, 0.1) is 17.4 Å². The third-order valence-electron chi connectivity index (χ3n) is 4.35. The van der Waals surface area contributed by atoms with Gasteiger partial charge in [-0.25, -0.2) is 8.42 Å². The van der Waals surface area contributed by atoms with E-state index in [1.54, 1.807) is 6.20 Å². The summed E-state index contributed by atoms with van der Waals surface area (Å²) in [6.45, 7) is 1.41. The van der Waals surface area contributed by atoms with Crippen LogP contribution in [0.25, 0.3) is 0 Å². The molecule has 110 valence electrons. The number of H-pyrrole nitrogens is 1. The standard InChI is InChI=1S/C13H19N3O3S/c17-13(11-4-8-20(18,19)9-11)16-6-2-10(3-7-16)12-1-5-14-15-12/h1,5,10-11H,2-4,6-9H2,(H,14,15). The lowest BCUT2D eigenvalue weighted by Crippen LogP contribution is -2.41. The second-order valence-corrected chi connectivity index (χ2v) is 7.94. The average Bonchev–Trinajstić information content (AvgIpc) is 3.07. The number of sulfone groups is 1. The number of hydrogen-bond donors (Lipinski definition) is 1. The Balaban J connectivity index is 1.57. The molecule has 1 amide bonds. The Bertz CT molecular complexity index is 574. The number of nitrogens with zero attached hydrogens (tertiary/aromatic N) is 2. The number of carbonyl (C=O) groups excluding carboxylic acids is 1. The van der Waals surface area contributed by atoms with Crippen molar-refractivity contribution >= 4 is 15.7 Å². The van der Waals surface area contributed by atoms with Gasteiger partial charge in [-0.3, -0.25) is 9.89 Å². The van der Waals surface area contributed by atoms with E-state index in [2.05, 4.69) is 10.2 Å². The van der Waals surface area contributed by atoms with Crippen LogP contribution >= 0.6 is 0 Å². The molecule has 20 heavy (non-hydrogen) atoms. The molecule has 7 heteroatoms. The number of aromatic amines is 1. The summed E-state index contributed by atoms with van der Waals surface area (Å²) in [6, 6.07) is 1.98. The molecule has 0 saturated carbocycles. The van der Waals surface area contributed by atoms with Gasteiger partial charge in [0, 0.05) is 30.9 Å². The van der Waals surface area contributed by atoms with Crippen LogP contribution in [0.5, 0.6) is 0 Å². The van der Waals surface area contributed by atoms with Crippen molar-refractivity contribution in [1.82, 2.24) is 15.1 Å². The molecule has 2 saturated heterocycles. The van der Waals surface area contributed by atoms with Gasteiger partial charge in [0.25, 0.3) is 0 Å². The van der Waals surface area contributed by atoms with Gasteiger partial charge in [0.15, 0.2) is 9.84 Å². The number of carbonyl (C=O) groups is 1. The average molecular weight is 297 g/mol. The molecule has 2 aliphatic rings. The molecular formula is C13H19N3O3S. The molecule has 3 heterocycles. The Morgan fingerprint density at radius 3 is 2.60 bits per heavy atom. The number of aromatic nitrogens is 2. The van der Waals surface area contributed by atoms with E-state index in [1.165, 1.54) is 0 Å². The van der Waals surface area contributed by atoms with Crippen LogP contribution in [-0.2, 0) is 14.6 Å². The lowest BCUT2D eigenvalue weighted by Gasteiger charge is -2.33. The van der Waals surface area contributed by atoms with Crippen molar-refractivity contribution in [2.45, 2.75) is 25.2 Å². The van der Waals surface area contributed by atoms with Gasteiger partial charge in [0.1, 0.15) is 0 Å². The van der Waals surface area contributed by atoms with E-state index >= 15 is 0 Å². The summed E-state index contributed by atoms with van der Waals surface area (Å²) >= 11 is 0. The van der Waals surface area contributed by atoms with Crippen LogP contribution in [0.3, 0.4) is 0 Å². The molecule has 1 atom stereocenters. The minimum Gasteiger partial charge on any atom is -0.342 e. The third-order valence-corrected chi connectivity index (χ3v) is 6.12. The van der Waals surface area contributed by atoms with Gasteiger partial charge in [-0.1, -0.05) is 0 Å². The van der Waals surface area contributed by atoms with E-state index < -0.39 is 9.84 Å². The van der Waals surface area contributed by atoms with E-state index in [0.29, 0.717) is 25.4 Å². The number of nitrogens with one attached hydrogen (secondary N) is 1. The monoisotopic (exact) mass is 297 g/mol. The molecule has 0 radical (unpaired) electrons. The fraction of sp³-hybridized carbons (Fsp3) is 0.692. The fourth-order valence-electron chi connectivity index (χ4n) is 3.15. The molecule has 1 aromatic rings. The van der Waals surface area contributed by atoms with Crippen molar-refractivity contribution < 1.29 is 13.2 Å². The predicted octanol–water partition coefficient (Wildman–Crippen LogP) is 0.550. The zero-order valence-electron chi connectivity index (χ0n) is 11.3. The van der Waals surface area contributed by atoms with Crippen LogP contribution in [-0.4, -0.2) is 54.0 Å². The molecule has 0 bridgehead atoms. The van der Waals surface area contributed by atoms with Gasteiger partial charge in [-0.15, -0.1) is 0 Å². The highest BCUT2D eigenvalue weighted by Gasteiger charge is 2.36. The van der Waals surface area contributed by atoms with E-state index in [9.17, 15) is 13.2 Å². The Morgan fingerprint density at radius 1 is 1.30 bits per heavy atom. The Labute approximate surface area is 118 Å². The number of amides is 1. The molecule has 1 N–H and O–H groups in total. The highest BCUT2D eigenvalue weighted by Crippen LogP contribution is 2.28. The number of piperidine rings is 1. The molecule has 0 aliphatic carbocycles. The molecule has 1 aromatic heterocycles. The van der Waals surface area contributed by atoms with E-state index in [0.717, 1.165) is 18.5 Å². The number of hydrogen-bond acceptors (Lipinski definition) is 4. The van der Waals surface area contributed by atoms with Crippen LogP contribution in [0.15, 0.2) is 12.3 Å². The van der Waals surface area contributed by atoms with Crippen molar-refractivity contribution in [1.29, 1.82) is 0 Å². The minimum atomic E-state index is -2.99. The highest BCUT2D eigenvalue weighted by atomic mass is 32.2. The third kappa shape index (κ3) is 2.72. The summed E-state index contributed by atoms with van der Waals surface area (Å²) in [6.07, 6.45) is 4.05. The van der Waals surface area contributed by atoms with Gasteiger partial charge in [-0.05, 0) is 25.3 Å². The maximum Gasteiger partial charge on any atom is 0.226 e. The number of rotatable bonds is 2. The van der Waals surface area contributed by atoms with Crippen LogP contribution in [0.4, 0.5) is 0 Å². The van der Waals surface area contributed by atoms with E-state index in [-0.39, 0.29) is 23.3 Å². The first-order valence-corrected chi connectivity index (χ1v) is 8.86. The summed E-state index contributed by atoms with van der Waals surface area (Å²) in [5.74, 6) is 0.326. The van der Waals surface area contributed by atoms with Crippen molar-refractivity contribution in [3.63, 3.8) is 0 Å². The largest absolute Gasteiger partial charge is 0.342 e. The first kappa shape index (κ1) is 13.6. The Morgan fingerprint density at radius 2 is 2.05 bits per heavy atom. The number of likely N-dealkylation sites (tertiary alicyclic amines) is 1. The summed E-state index contributed by atoms with van der Waals surface area (Å²) in [4.78, 5) is 14.2. The molecule has 6 nitrogen and oxygen atoms in total. The summed E-state index contributed by atoms with van der Waals surface area (Å²) in [7, 11) is -2.99. The van der Waals surface area contributed by atoms with Crippen LogP contribution in [0.2, 0.25) is 0 Å². The quantitative estimate of drug-likeness (QED) is 0.864. The summed E-state index contributed by atoms with van der Waals surface area (Å²) < 4.78 is 22.9. The van der Waals surface area contributed by atoms with Gasteiger partial charge < -0.3 is 4.90 Å². The maximum absolute atomic E-state index is 12.3. The molecule has 2 aliphatic heterocycles. The smallest absolute Gasteiger partial charge is 0.226 e. The van der Waals surface area contributed by atoms with Crippen LogP contribution in [0.1, 0.15) is 30.9 Å². The Kier molecular flexibility index (Phi) is 3.54. The lowest BCUT2D eigenvalue weighted by atomic mass is 9.93. The fourth-order valence-corrected chi connectivity index (χ4v) is 4.89. The highest BCUT2D eigenvalue weighted by molar-refractivity contribution is 7.91. The summed E-state index contributed by atoms with van der Waals surface area (Å²) in [5, 5.41) is 6.94. The van der Waals surface area contributed by atoms with Gasteiger partial charge in [0.2, 0.25) is 5.91 Å². The SMILES string of the molecule is O=C(C1CCS(=O)(=O)C1)N1CCC(c2ccn[nH]2)CC1. The topological polar surface area (TPSA) is 83.1 Å². The van der Waals surface area contributed by atoms with Crippen molar-refractivity contribution in [2.75, 3.05) is 24.6 Å². The lowest BCUT2D eigenvalue weighted by molar-refractivity contribution is -0.135. The first-order chi connectivity index (χ1) is 9.55. The van der Waals surface area contributed by atoms with Crippen molar-refractivity contribution in [3.05, 3.63) is 18.0 Å². The Hall–Kier alpha value is -1.37. The van der Waals surface area contributed by atoms with E-state index in [4.69, 9.17) is 0 Å². The second kappa shape index (κ2) is 5.20. The molecule has 1 unspecified atom stereocenters. The van der Waals surface area contributed by atoms with Crippen molar-refractivity contribution in [3.8, 4) is 0 Å². The normalized spacial score (nSPS) is 26.8. The zero-order valence-corrected chi connectivity index (χ0v) is 12.1. The second-order valence-electron chi connectivity index (χ2n) is 5.71. The van der Waals surface area contributed by atoms with Crippen LogP contribution in [0, 0.1) is 5.92 Å².